The molecule has 1 aliphatic rings. The molecule has 0 aliphatic carbocycles. The lowest BCUT2D eigenvalue weighted by Crippen LogP contribution is -2.23. The lowest BCUT2D eigenvalue weighted by Gasteiger charge is -2.09. The Kier molecular flexibility index (Phi) is 4.36. The van der Waals surface area contributed by atoms with Gasteiger partial charge in [-0.1, -0.05) is 26.2 Å². The summed E-state index contributed by atoms with van der Waals surface area (Å²) in [6.07, 6.45) is 7.37. The van der Waals surface area contributed by atoms with E-state index in [0.717, 1.165) is 18.5 Å². The number of ether oxygens (including phenoxy) is 1. The highest BCUT2D eigenvalue weighted by atomic mass is 32.1. The second-order valence-corrected chi connectivity index (χ2v) is 5.01. The van der Waals surface area contributed by atoms with Gasteiger partial charge in [-0.15, -0.1) is 0 Å². The zero-order chi connectivity index (χ0) is 12.1. The van der Waals surface area contributed by atoms with Crippen molar-refractivity contribution in [3.63, 3.8) is 0 Å². The Bertz CT molecular complexity index is 353. The molecule has 2 heterocycles. The monoisotopic (exact) mass is 254 g/mol. The smallest absolute Gasteiger partial charge is 0.414 e. The summed E-state index contributed by atoms with van der Waals surface area (Å²) in [4.78, 5) is 13.3. The normalized spacial score (nSPS) is 19.7. The molecule has 1 aromatic rings. The van der Waals surface area contributed by atoms with Gasteiger partial charge in [-0.25, -0.2) is 4.79 Å². The first kappa shape index (κ1) is 12.4. The lowest BCUT2D eigenvalue weighted by molar-refractivity contribution is 0.135. The zero-order valence-electron chi connectivity index (χ0n) is 10.1. The first-order chi connectivity index (χ1) is 8.31. The Morgan fingerprint density at radius 2 is 2.41 bits per heavy atom. The maximum atomic E-state index is 11.7. The fourth-order valence-electron chi connectivity index (χ4n) is 2.01. The molecular weight excluding hydrogens is 236 g/mol. The fourth-order valence-corrected chi connectivity index (χ4v) is 2.54. The van der Waals surface area contributed by atoms with Crippen LogP contribution < -0.4 is 4.90 Å². The van der Waals surface area contributed by atoms with Crippen molar-refractivity contribution in [2.75, 3.05) is 11.4 Å². The number of nitrogens with zero attached hydrogens (tertiary/aromatic N) is 2. The van der Waals surface area contributed by atoms with Crippen LogP contribution in [0.3, 0.4) is 0 Å². The molecular formula is C12H18N2O2S. The summed E-state index contributed by atoms with van der Waals surface area (Å²) in [5.74, 6) is 0. The molecule has 1 aromatic heterocycles. The van der Waals surface area contributed by atoms with E-state index in [2.05, 4.69) is 11.3 Å². The van der Waals surface area contributed by atoms with E-state index in [1.165, 1.54) is 30.8 Å². The summed E-state index contributed by atoms with van der Waals surface area (Å²) in [5, 5.41) is 1.88. The molecule has 1 amide bonds. The van der Waals surface area contributed by atoms with E-state index in [1.54, 1.807) is 11.1 Å². The SMILES string of the molecule is CCCCCCC1CN(c2cnsc2)C(=O)O1. The molecule has 17 heavy (non-hydrogen) atoms. The molecule has 1 aliphatic heterocycles. The second kappa shape index (κ2) is 6.00. The number of aromatic nitrogens is 1. The Labute approximate surface area is 106 Å². The van der Waals surface area contributed by atoms with E-state index >= 15 is 0 Å². The van der Waals surface area contributed by atoms with Crippen molar-refractivity contribution in [2.24, 2.45) is 0 Å². The number of rotatable bonds is 6. The van der Waals surface area contributed by atoms with E-state index < -0.39 is 0 Å². The van der Waals surface area contributed by atoms with Gasteiger partial charge in [0.05, 0.1) is 18.4 Å². The summed E-state index contributed by atoms with van der Waals surface area (Å²) in [5.41, 5.74) is 0.857. The summed E-state index contributed by atoms with van der Waals surface area (Å²) < 4.78 is 9.35. The number of anilines is 1. The summed E-state index contributed by atoms with van der Waals surface area (Å²) in [7, 11) is 0. The van der Waals surface area contributed by atoms with E-state index in [9.17, 15) is 4.79 Å². The van der Waals surface area contributed by atoms with Gasteiger partial charge in [0.25, 0.3) is 0 Å². The largest absolute Gasteiger partial charge is 0.444 e. The molecule has 1 unspecified atom stereocenters. The van der Waals surface area contributed by atoms with Crippen molar-refractivity contribution in [3.05, 3.63) is 11.6 Å². The van der Waals surface area contributed by atoms with E-state index in [4.69, 9.17) is 4.74 Å². The van der Waals surface area contributed by atoms with Gasteiger partial charge < -0.3 is 4.74 Å². The van der Waals surface area contributed by atoms with Crippen LogP contribution in [0.4, 0.5) is 10.5 Å². The summed E-state index contributed by atoms with van der Waals surface area (Å²) in [6.45, 7) is 2.87. The third kappa shape index (κ3) is 3.19. The number of unbranched alkanes of at least 4 members (excludes halogenated alkanes) is 3. The van der Waals surface area contributed by atoms with E-state index in [-0.39, 0.29) is 12.2 Å². The standard InChI is InChI=1S/C12H18N2O2S/c1-2-3-4-5-6-11-8-14(12(15)16-11)10-7-13-17-9-10/h7,9,11H,2-6,8H2,1H3. The van der Waals surface area contributed by atoms with E-state index in [0.29, 0.717) is 6.54 Å². The molecule has 0 bridgehead atoms. The summed E-state index contributed by atoms with van der Waals surface area (Å²) in [6, 6.07) is 0. The molecule has 1 fully saturated rings. The minimum Gasteiger partial charge on any atom is -0.444 e. The van der Waals surface area contributed by atoms with Crippen LogP contribution in [0.1, 0.15) is 39.0 Å². The zero-order valence-corrected chi connectivity index (χ0v) is 10.9. The predicted molar refractivity (Wildman–Crippen MR) is 68.5 cm³/mol. The minimum atomic E-state index is -0.231. The maximum Gasteiger partial charge on any atom is 0.414 e. The number of hydrogen-bond acceptors (Lipinski definition) is 4. The van der Waals surface area contributed by atoms with Crippen LogP contribution in [-0.2, 0) is 4.74 Å². The molecule has 0 radical (unpaired) electrons. The molecule has 5 heteroatoms. The van der Waals surface area contributed by atoms with Crippen LogP contribution in [0.15, 0.2) is 11.6 Å². The third-order valence-corrected chi connectivity index (χ3v) is 3.56. The van der Waals surface area contributed by atoms with Gasteiger partial charge in [-0.2, -0.15) is 4.37 Å². The van der Waals surface area contributed by atoms with Crippen molar-refractivity contribution in [1.29, 1.82) is 0 Å². The van der Waals surface area contributed by atoms with Gasteiger partial charge in [-0.3, -0.25) is 4.90 Å². The minimum absolute atomic E-state index is 0.0549. The van der Waals surface area contributed by atoms with Crippen LogP contribution in [-0.4, -0.2) is 23.1 Å². The van der Waals surface area contributed by atoms with Crippen molar-refractivity contribution >= 4 is 23.3 Å². The van der Waals surface area contributed by atoms with Crippen LogP contribution in [0.25, 0.3) is 0 Å². The highest BCUT2D eigenvalue weighted by Gasteiger charge is 2.32. The molecule has 0 N–H and O–H groups in total. The molecule has 94 valence electrons. The van der Waals surface area contributed by atoms with Crippen molar-refractivity contribution in [3.8, 4) is 0 Å². The maximum absolute atomic E-state index is 11.7. The molecule has 0 spiro atoms. The molecule has 4 nitrogen and oxygen atoms in total. The number of cyclic esters (lactones) is 1. The fraction of sp³-hybridized carbons (Fsp3) is 0.667. The highest BCUT2D eigenvalue weighted by molar-refractivity contribution is 7.04. The topological polar surface area (TPSA) is 42.4 Å². The van der Waals surface area contributed by atoms with Gasteiger partial charge in [0.2, 0.25) is 0 Å². The quantitative estimate of drug-likeness (QED) is 0.730. The predicted octanol–water partition coefficient (Wildman–Crippen LogP) is 3.44. The van der Waals surface area contributed by atoms with Crippen LogP contribution in [0.5, 0.6) is 0 Å². The number of amides is 1. The second-order valence-electron chi connectivity index (χ2n) is 4.35. The average molecular weight is 254 g/mol. The highest BCUT2D eigenvalue weighted by Crippen LogP contribution is 2.24. The first-order valence-electron chi connectivity index (χ1n) is 6.18. The molecule has 2 rings (SSSR count). The molecule has 1 atom stereocenters. The molecule has 1 saturated heterocycles. The van der Waals surface area contributed by atoms with Gasteiger partial charge in [0, 0.05) is 5.38 Å². The Balaban J connectivity index is 1.79. The van der Waals surface area contributed by atoms with Gasteiger partial charge in [0.1, 0.15) is 6.10 Å². The third-order valence-electron chi connectivity index (χ3n) is 2.98. The van der Waals surface area contributed by atoms with Crippen LogP contribution in [0.2, 0.25) is 0 Å². The molecule has 0 aromatic carbocycles. The first-order valence-corrected chi connectivity index (χ1v) is 7.02. The summed E-state index contributed by atoms with van der Waals surface area (Å²) >= 11 is 1.35. The Morgan fingerprint density at radius 1 is 1.53 bits per heavy atom. The van der Waals surface area contributed by atoms with Gasteiger partial charge in [0.15, 0.2) is 0 Å². The van der Waals surface area contributed by atoms with Crippen molar-refractivity contribution < 1.29 is 9.53 Å². The van der Waals surface area contributed by atoms with Crippen LogP contribution >= 0.6 is 11.5 Å². The Hall–Kier alpha value is -1.10. The Morgan fingerprint density at radius 3 is 3.12 bits per heavy atom. The van der Waals surface area contributed by atoms with E-state index in [1.807, 2.05) is 5.38 Å². The van der Waals surface area contributed by atoms with Crippen molar-refractivity contribution in [1.82, 2.24) is 4.37 Å². The number of carbonyl (C=O) groups is 1. The number of hydrogen-bond donors (Lipinski definition) is 0. The average Bonchev–Trinajstić information content (AvgIpc) is 2.93. The van der Waals surface area contributed by atoms with Gasteiger partial charge in [-0.05, 0) is 24.4 Å². The molecule has 0 saturated carbocycles. The van der Waals surface area contributed by atoms with Crippen molar-refractivity contribution in [2.45, 2.75) is 45.1 Å². The number of carbonyl (C=O) groups excluding carboxylic acids is 1. The van der Waals surface area contributed by atoms with Crippen LogP contribution in [0, 0.1) is 0 Å². The van der Waals surface area contributed by atoms with Gasteiger partial charge >= 0.3 is 6.09 Å². The lowest BCUT2D eigenvalue weighted by atomic mass is 10.1.